The maximum Gasteiger partial charge on any atom is 0.261 e. The molecule has 0 radical (unpaired) electrons. The zero-order valence-electron chi connectivity index (χ0n) is 15.6. The van der Waals surface area contributed by atoms with E-state index in [4.69, 9.17) is 0 Å². The van der Waals surface area contributed by atoms with Crippen molar-refractivity contribution in [1.29, 1.82) is 0 Å². The van der Waals surface area contributed by atoms with Gasteiger partial charge in [0.25, 0.3) is 5.91 Å². The molecule has 5 nitrogen and oxygen atoms in total. The highest BCUT2D eigenvalue weighted by Crippen LogP contribution is 2.43. The largest absolute Gasteiger partial charge is 0.356 e. The third-order valence-electron chi connectivity index (χ3n) is 5.53. The SMILES string of the molecule is CN=C(NCCCNC(=O)c1cccs1)N1CCC2(CCCCC2)C1.I. The fourth-order valence-electron chi connectivity index (χ4n) is 4.14. The van der Waals surface area contributed by atoms with Crippen molar-refractivity contribution in [3.05, 3.63) is 22.4 Å². The topological polar surface area (TPSA) is 56.7 Å². The Morgan fingerprint density at radius 2 is 2.00 bits per heavy atom. The minimum absolute atomic E-state index is 0. The average Bonchev–Trinajstić information content (AvgIpc) is 3.29. The van der Waals surface area contributed by atoms with Crippen LogP contribution in [0, 0.1) is 5.41 Å². The summed E-state index contributed by atoms with van der Waals surface area (Å²) in [6.45, 7) is 3.79. The molecular weight excluding hydrogens is 459 g/mol. The van der Waals surface area contributed by atoms with Gasteiger partial charge in [0.15, 0.2) is 5.96 Å². The van der Waals surface area contributed by atoms with Crippen LogP contribution in [0.3, 0.4) is 0 Å². The third-order valence-corrected chi connectivity index (χ3v) is 6.40. The molecule has 146 valence electrons. The molecule has 2 fully saturated rings. The number of nitrogens with zero attached hydrogens (tertiary/aromatic N) is 2. The molecule has 1 spiro atoms. The second-order valence-corrected chi connectivity index (χ2v) is 8.24. The van der Waals surface area contributed by atoms with Gasteiger partial charge in [0, 0.05) is 33.2 Å². The number of nitrogens with one attached hydrogen (secondary N) is 2. The van der Waals surface area contributed by atoms with Crippen molar-refractivity contribution in [3.8, 4) is 0 Å². The fourth-order valence-corrected chi connectivity index (χ4v) is 4.78. The van der Waals surface area contributed by atoms with Crippen LogP contribution >= 0.6 is 35.3 Å². The number of hydrogen-bond acceptors (Lipinski definition) is 3. The van der Waals surface area contributed by atoms with E-state index in [0.717, 1.165) is 36.9 Å². The first-order valence-electron chi connectivity index (χ1n) is 9.50. The van der Waals surface area contributed by atoms with E-state index in [2.05, 4.69) is 20.5 Å². The minimum Gasteiger partial charge on any atom is -0.356 e. The van der Waals surface area contributed by atoms with Crippen molar-refractivity contribution in [1.82, 2.24) is 15.5 Å². The predicted molar refractivity (Wildman–Crippen MR) is 120 cm³/mol. The lowest BCUT2D eigenvalue weighted by Gasteiger charge is -2.33. The summed E-state index contributed by atoms with van der Waals surface area (Å²) < 4.78 is 0. The second-order valence-electron chi connectivity index (χ2n) is 7.29. The van der Waals surface area contributed by atoms with Gasteiger partial charge in [-0.3, -0.25) is 9.79 Å². The van der Waals surface area contributed by atoms with E-state index in [1.165, 1.54) is 49.9 Å². The van der Waals surface area contributed by atoms with Gasteiger partial charge < -0.3 is 15.5 Å². The monoisotopic (exact) mass is 490 g/mol. The Hall–Kier alpha value is -0.830. The summed E-state index contributed by atoms with van der Waals surface area (Å²) in [6, 6.07) is 3.76. The highest BCUT2D eigenvalue weighted by molar-refractivity contribution is 14.0. The number of halogens is 1. The van der Waals surface area contributed by atoms with Gasteiger partial charge in [0.2, 0.25) is 0 Å². The van der Waals surface area contributed by atoms with Gasteiger partial charge in [-0.1, -0.05) is 25.3 Å². The highest BCUT2D eigenvalue weighted by Gasteiger charge is 2.39. The van der Waals surface area contributed by atoms with Gasteiger partial charge in [0.1, 0.15) is 0 Å². The minimum atomic E-state index is 0. The summed E-state index contributed by atoms with van der Waals surface area (Å²) in [4.78, 5) is 19.6. The molecule has 26 heavy (non-hydrogen) atoms. The standard InChI is InChI=1S/C19H30N4OS.HI/c1-20-18(23-13-10-19(15-23)8-3-2-4-9-19)22-12-6-11-21-17(24)16-7-5-14-25-16;/h5,7,14H,2-4,6,8-13,15H2,1H3,(H,20,22)(H,21,24);1H. The van der Waals surface area contributed by atoms with Crippen LogP contribution < -0.4 is 10.6 Å². The van der Waals surface area contributed by atoms with Gasteiger partial charge in [-0.05, 0) is 42.5 Å². The van der Waals surface area contributed by atoms with Crippen LogP contribution in [0.5, 0.6) is 0 Å². The quantitative estimate of drug-likeness (QED) is 0.286. The van der Waals surface area contributed by atoms with Crippen molar-refractivity contribution in [2.24, 2.45) is 10.4 Å². The highest BCUT2D eigenvalue weighted by atomic mass is 127. The van der Waals surface area contributed by atoms with Gasteiger partial charge in [-0.15, -0.1) is 35.3 Å². The van der Waals surface area contributed by atoms with Crippen LogP contribution in [0.4, 0.5) is 0 Å². The number of likely N-dealkylation sites (tertiary alicyclic amines) is 1. The third kappa shape index (κ3) is 5.58. The number of carbonyl (C=O) groups excluding carboxylic acids is 1. The van der Waals surface area contributed by atoms with E-state index in [9.17, 15) is 4.79 Å². The molecule has 2 aliphatic rings. The maximum absolute atomic E-state index is 11.9. The molecule has 1 aliphatic carbocycles. The normalized spacial score (nSPS) is 19.3. The van der Waals surface area contributed by atoms with Gasteiger partial charge in [-0.2, -0.15) is 0 Å². The molecule has 7 heteroatoms. The average molecular weight is 490 g/mol. The van der Waals surface area contributed by atoms with Crippen LogP contribution in [0.15, 0.2) is 22.5 Å². The van der Waals surface area contributed by atoms with Gasteiger partial charge in [-0.25, -0.2) is 0 Å². The number of hydrogen-bond donors (Lipinski definition) is 2. The molecule has 1 amide bonds. The molecule has 1 aromatic heterocycles. The van der Waals surface area contributed by atoms with Crippen LogP contribution in [-0.4, -0.2) is 50.0 Å². The number of guanidine groups is 1. The first-order chi connectivity index (χ1) is 12.2. The number of thiophene rings is 1. The molecule has 0 unspecified atom stereocenters. The van der Waals surface area contributed by atoms with Crippen molar-refractivity contribution >= 4 is 47.2 Å². The Morgan fingerprint density at radius 1 is 1.23 bits per heavy atom. The van der Waals surface area contributed by atoms with Crippen molar-refractivity contribution in [2.45, 2.75) is 44.9 Å². The number of aliphatic imine (C=N–C) groups is 1. The Bertz CT molecular complexity index is 584. The number of rotatable bonds is 5. The Balaban J connectivity index is 0.00000243. The fraction of sp³-hybridized carbons (Fsp3) is 0.684. The van der Waals surface area contributed by atoms with Crippen molar-refractivity contribution in [3.63, 3.8) is 0 Å². The summed E-state index contributed by atoms with van der Waals surface area (Å²) in [5, 5.41) is 8.37. The lowest BCUT2D eigenvalue weighted by molar-refractivity contribution is 0.0957. The molecule has 0 aromatic carbocycles. The first-order valence-corrected chi connectivity index (χ1v) is 10.4. The Labute approximate surface area is 178 Å². The summed E-state index contributed by atoms with van der Waals surface area (Å²) in [6.07, 6.45) is 9.17. The van der Waals surface area contributed by atoms with Crippen LogP contribution in [0.25, 0.3) is 0 Å². The van der Waals surface area contributed by atoms with Crippen LogP contribution in [0.1, 0.15) is 54.6 Å². The van der Waals surface area contributed by atoms with Crippen molar-refractivity contribution in [2.75, 3.05) is 33.2 Å². The molecule has 1 aliphatic heterocycles. The van der Waals surface area contributed by atoms with Crippen LogP contribution in [-0.2, 0) is 0 Å². The number of amides is 1. The lowest BCUT2D eigenvalue weighted by atomic mass is 9.73. The van der Waals surface area contributed by atoms with E-state index in [1.807, 2.05) is 24.6 Å². The van der Waals surface area contributed by atoms with Crippen LogP contribution in [0.2, 0.25) is 0 Å². The van der Waals surface area contributed by atoms with Gasteiger partial charge >= 0.3 is 0 Å². The molecule has 1 aromatic rings. The zero-order valence-corrected chi connectivity index (χ0v) is 18.8. The molecule has 1 saturated carbocycles. The molecular formula is C19H31IN4OS. The summed E-state index contributed by atoms with van der Waals surface area (Å²) in [7, 11) is 1.87. The van der Waals surface area contributed by atoms with E-state index >= 15 is 0 Å². The second kappa shape index (κ2) is 10.5. The summed E-state index contributed by atoms with van der Waals surface area (Å²) in [5.74, 6) is 1.05. The first kappa shape index (κ1) is 21.5. The summed E-state index contributed by atoms with van der Waals surface area (Å²) in [5.41, 5.74) is 0.546. The van der Waals surface area contributed by atoms with E-state index in [0.29, 0.717) is 12.0 Å². The summed E-state index contributed by atoms with van der Waals surface area (Å²) >= 11 is 1.48. The zero-order chi connectivity index (χ0) is 17.5. The van der Waals surface area contributed by atoms with Crippen molar-refractivity contribution < 1.29 is 4.79 Å². The predicted octanol–water partition coefficient (Wildman–Crippen LogP) is 3.72. The van der Waals surface area contributed by atoms with Gasteiger partial charge in [0.05, 0.1) is 4.88 Å². The van der Waals surface area contributed by atoms with E-state index in [1.54, 1.807) is 0 Å². The molecule has 1 saturated heterocycles. The smallest absolute Gasteiger partial charge is 0.261 e. The molecule has 2 N–H and O–H groups in total. The molecule has 0 bridgehead atoms. The maximum atomic E-state index is 11.9. The van der Waals surface area contributed by atoms with E-state index in [-0.39, 0.29) is 29.9 Å². The Kier molecular flexibility index (Phi) is 8.66. The molecule has 0 atom stereocenters. The Morgan fingerprint density at radius 3 is 2.69 bits per heavy atom. The van der Waals surface area contributed by atoms with E-state index < -0.39 is 0 Å². The molecule has 3 rings (SSSR count). The number of carbonyl (C=O) groups is 1. The molecule has 2 heterocycles. The lowest BCUT2D eigenvalue weighted by Crippen LogP contribution is -2.42.